The van der Waals surface area contributed by atoms with Crippen LogP contribution in [0, 0.1) is 0 Å². The van der Waals surface area contributed by atoms with Crippen LogP contribution in [-0.2, 0) is 18.3 Å². The number of ether oxygens (including phenoxy) is 1. The van der Waals surface area contributed by atoms with Gasteiger partial charge in [0, 0.05) is 57.6 Å². The standard InChI is InChI=1S/C22H32N6O/c1-3-23-22(28-9-8-19(17-28)20-15-25-26(2)16-20)24-14-18-4-6-21(7-5-18)27-10-12-29-13-11-27/h4-7,15-16,19H,3,8-14,17H2,1-2H3,(H,23,24). The van der Waals surface area contributed by atoms with Crippen LogP contribution in [0.4, 0.5) is 5.69 Å². The highest BCUT2D eigenvalue weighted by atomic mass is 16.5. The molecule has 0 radical (unpaired) electrons. The molecule has 1 unspecified atom stereocenters. The summed E-state index contributed by atoms with van der Waals surface area (Å²) < 4.78 is 7.33. The van der Waals surface area contributed by atoms with Gasteiger partial charge >= 0.3 is 0 Å². The number of aromatic nitrogens is 2. The number of anilines is 1. The molecule has 1 atom stereocenters. The summed E-state index contributed by atoms with van der Waals surface area (Å²) >= 11 is 0. The van der Waals surface area contributed by atoms with Crippen LogP contribution in [0.15, 0.2) is 41.7 Å². The van der Waals surface area contributed by atoms with Crippen molar-refractivity contribution in [2.75, 3.05) is 50.8 Å². The second-order valence-corrected chi connectivity index (χ2v) is 7.81. The third kappa shape index (κ3) is 4.90. The minimum atomic E-state index is 0.528. The van der Waals surface area contributed by atoms with Gasteiger partial charge in [0.1, 0.15) is 0 Å². The topological polar surface area (TPSA) is 57.9 Å². The van der Waals surface area contributed by atoms with Crippen molar-refractivity contribution >= 4 is 11.6 Å². The molecule has 0 bridgehead atoms. The predicted molar refractivity (Wildman–Crippen MR) is 116 cm³/mol. The molecule has 2 saturated heterocycles. The van der Waals surface area contributed by atoms with E-state index in [-0.39, 0.29) is 0 Å². The van der Waals surface area contributed by atoms with Gasteiger partial charge in [0.2, 0.25) is 0 Å². The maximum Gasteiger partial charge on any atom is 0.194 e. The van der Waals surface area contributed by atoms with Crippen molar-refractivity contribution in [1.29, 1.82) is 0 Å². The summed E-state index contributed by atoms with van der Waals surface area (Å²) in [5.41, 5.74) is 3.83. The summed E-state index contributed by atoms with van der Waals surface area (Å²) in [6.45, 7) is 9.28. The Morgan fingerprint density at radius 1 is 1.21 bits per heavy atom. The fourth-order valence-corrected chi connectivity index (χ4v) is 4.10. The van der Waals surface area contributed by atoms with Gasteiger partial charge in [0.25, 0.3) is 0 Å². The highest BCUT2D eigenvalue weighted by Gasteiger charge is 2.26. The summed E-state index contributed by atoms with van der Waals surface area (Å²) in [5, 5.41) is 7.79. The predicted octanol–water partition coefficient (Wildman–Crippen LogP) is 2.21. The van der Waals surface area contributed by atoms with Crippen LogP contribution in [0.25, 0.3) is 0 Å². The fourth-order valence-electron chi connectivity index (χ4n) is 4.10. The Morgan fingerprint density at radius 3 is 2.69 bits per heavy atom. The molecule has 3 heterocycles. The summed E-state index contributed by atoms with van der Waals surface area (Å²) in [7, 11) is 1.98. The molecule has 29 heavy (non-hydrogen) atoms. The molecule has 2 aliphatic heterocycles. The van der Waals surface area contributed by atoms with E-state index in [1.54, 1.807) is 0 Å². The Bertz CT molecular complexity index is 809. The van der Waals surface area contributed by atoms with Crippen molar-refractivity contribution in [3.05, 3.63) is 47.8 Å². The summed E-state index contributed by atoms with van der Waals surface area (Å²) in [6.07, 6.45) is 5.27. The van der Waals surface area contributed by atoms with Gasteiger partial charge in [-0.25, -0.2) is 4.99 Å². The fraction of sp³-hybridized carbons (Fsp3) is 0.545. The van der Waals surface area contributed by atoms with E-state index in [0.29, 0.717) is 12.5 Å². The van der Waals surface area contributed by atoms with E-state index < -0.39 is 0 Å². The van der Waals surface area contributed by atoms with Crippen LogP contribution in [-0.4, -0.2) is 66.6 Å². The third-order valence-electron chi connectivity index (χ3n) is 5.74. The van der Waals surface area contributed by atoms with Gasteiger partial charge in [-0.05, 0) is 36.6 Å². The Kier molecular flexibility index (Phi) is 6.34. The van der Waals surface area contributed by atoms with Crippen molar-refractivity contribution in [3.8, 4) is 0 Å². The number of nitrogens with zero attached hydrogens (tertiary/aromatic N) is 5. The zero-order chi connectivity index (χ0) is 20.1. The van der Waals surface area contributed by atoms with E-state index >= 15 is 0 Å². The Morgan fingerprint density at radius 2 is 2.00 bits per heavy atom. The minimum Gasteiger partial charge on any atom is -0.378 e. The largest absolute Gasteiger partial charge is 0.378 e. The van der Waals surface area contributed by atoms with E-state index in [4.69, 9.17) is 9.73 Å². The number of benzene rings is 1. The van der Waals surface area contributed by atoms with E-state index in [0.717, 1.165) is 58.3 Å². The van der Waals surface area contributed by atoms with Gasteiger partial charge in [0.05, 0.1) is 26.0 Å². The molecule has 1 aromatic carbocycles. The van der Waals surface area contributed by atoms with Crippen molar-refractivity contribution in [1.82, 2.24) is 20.0 Å². The molecule has 0 aliphatic carbocycles. The van der Waals surface area contributed by atoms with Crippen molar-refractivity contribution in [2.24, 2.45) is 12.0 Å². The lowest BCUT2D eigenvalue weighted by Crippen LogP contribution is -2.40. The Labute approximate surface area is 173 Å². The lowest BCUT2D eigenvalue weighted by atomic mass is 10.0. The van der Waals surface area contributed by atoms with E-state index in [9.17, 15) is 0 Å². The van der Waals surface area contributed by atoms with Crippen LogP contribution < -0.4 is 10.2 Å². The average Bonchev–Trinajstić information content (AvgIpc) is 3.41. The van der Waals surface area contributed by atoms with Gasteiger partial charge in [0.15, 0.2) is 5.96 Å². The lowest BCUT2D eigenvalue weighted by molar-refractivity contribution is 0.122. The van der Waals surface area contributed by atoms with Gasteiger partial charge in [-0.3, -0.25) is 4.68 Å². The van der Waals surface area contributed by atoms with Crippen molar-refractivity contribution in [3.63, 3.8) is 0 Å². The van der Waals surface area contributed by atoms with Crippen LogP contribution in [0.1, 0.15) is 30.4 Å². The first-order valence-corrected chi connectivity index (χ1v) is 10.7. The third-order valence-corrected chi connectivity index (χ3v) is 5.74. The number of nitrogens with one attached hydrogen (secondary N) is 1. The van der Waals surface area contributed by atoms with Gasteiger partial charge in [-0.2, -0.15) is 5.10 Å². The molecule has 7 heteroatoms. The van der Waals surface area contributed by atoms with Crippen LogP contribution in [0.3, 0.4) is 0 Å². The molecule has 0 spiro atoms. The number of guanidine groups is 1. The molecule has 4 rings (SSSR count). The number of likely N-dealkylation sites (tertiary alicyclic amines) is 1. The number of aryl methyl sites for hydroxylation is 1. The number of rotatable bonds is 5. The Balaban J connectivity index is 1.38. The lowest BCUT2D eigenvalue weighted by Gasteiger charge is -2.28. The smallest absolute Gasteiger partial charge is 0.194 e. The summed E-state index contributed by atoms with van der Waals surface area (Å²) in [5.74, 6) is 1.54. The minimum absolute atomic E-state index is 0.528. The normalized spacial score (nSPS) is 20.3. The molecular weight excluding hydrogens is 364 g/mol. The number of morpholine rings is 1. The second-order valence-electron chi connectivity index (χ2n) is 7.81. The maximum atomic E-state index is 5.44. The highest BCUT2D eigenvalue weighted by molar-refractivity contribution is 5.80. The first-order valence-electron chi connectivity index (χ1n) is 10.7. The summed E-state index contributed by atoms with van der Waals surface area (Å²) in [6, 6.07) is 8.80. The SMILES string of the molecule is CCNC(=NCc1ccc(N2CCOCC2)cc1)N1CCC(c2cnn(C)c2)C1. The van der Waals surface area contributed by atoms with E-state index in [1.165, 1.54) is 16.8 Å². The van der Waals surface area contributed by atoms with Gasteiger partial charge in [-0.15, -0.1) is 0 Å². The molecule has 2 fully saturated rings. The molecule has 7 nitrogen and oxygen atoms in total. The molecule has 2 aromatic rings. The molecule has 0 amide bonds. The van der Waals surface area contributed by atoms with E-state index in [2.05, 4.69) is 57.6 Å². The van der Waals surface area contributed by atoms with E-state index in [1.807, 2.05) is 17.9 Å². The van der Waals surface area contributed by atoms with Crippen LogP contribution >= 0.6 is 0 Å². The zero-order valence-electron chi connectivity index (χ0n) is 17.5. The highest BCUT2D eigenvalue weighted by Crippen LogP contribution is 2.26. The first-order chi connectivity index (χ1) is 14.2. The van der Waals surface area contributed by atoms with Crippen LogP contribution in [0.5, 0.6) is 0 Å². The number of hydrogen-bond donors (Lipinski definition) is 1. The van der Waals surface area contributed by atoms with Gasteiger partial charge in [-0.1, -0.05) is 12.1 Å². The molecule has 1 N–H and O–H groups in total. The molecule has 0 saturated carbocycles. The second kappa shape index (κ2) is 9.31. The molecule has 1 aromatic heterocycles. The average molecular weight is 397 g/mol. The monoisotopic (exact) mass is 396 g/mol. The number of aliphatic imine (C=N–C) groups is 1. The quantitative estimate of drug-likeness (QED) is 0.620. The zero-order valence-corrected chi connectivity index (χ0v) is 17.5. The first kappa shape index (κ1) is 19.8. The number of hydrogen-bond acceptors (Lipinski definition) is 4. The molecule has 156 valence electrons. The maximum absolute atomic E-state index is 5.44. The van der Waals surface area contributed by atoms with Gasteiger partial charge < -0.3 is 19.9 Å². The van der Waals surface area contributed by atoms with Crippen molar-refractivity contribution < 1.29 is 4.74 Å². The van der Waals surface area contributed by atoms with Crippen molar-refractivity contribution in [2.45, 2.75) is 25.8 Å². The Hall–Kier alpha value is -2.54. The molecule has 2 aliphatic rings. The summed E-state index contributed by atoms with van der Waals surface area (Å²) in [4.78, 5) is 9.67. The van der Waals surface area contributed by atoms with Crippen LogP contribution in [0.2, 0.25) is 0 Å². The molecular formula is C22H32N6O.